The fraction of sp³-hybridized carbons (Fsp3) is 0.364. The van der Waals surface area contributed by atoms with Crippen molar-refractivity contribution >= 4 is 46.6 Å². The molecule has 0 aliphatic heterocycles. The highest BCUT2D eigenvalue weighted by Gasteiger charge is 2.21. The molecule has 0 spiro atoms. The lowest BCUT2D eigenvalue weighted by Crippen LogP contribution is -2.24. The van der Waals surface area contributed by atoms with Gasteiger partial charge in [0, 0.05) is 27.2 Å². The summed E-state index contributed by atoms with van der Waals surface area (Å²) in [7, 11) is 0. The van der Waals surface area contributed by atoms with Gasteiger partial charge in [-0.1, -0.05) is 43.0 Å². The SMILES string of the molecule is CC(Sc1cccc(NC(=O)C2CCCCC2)c1)C(=O)Nc1cccc(Cl)c1. The third-order valence-electron chi connectivity index (χ3n) is 4.85. The number of rotatable bonds is 6. The van der Waals surface area contributed by atoms with Crippen molar-refractivity contribution < 1.29 is 9.59 Å². The Kier molecular flexibility index (Phi) is 7.40. The summed E-state index contributed by atoms with van der Waals surface area (Å²) < 4.78 is 0. The molecule has 0 bridgehead atoms. The van der Waals surface area contributed by atoms with Crippen LogP contribution in [0.4, 0.5) is 11.4 Å². The van der Waals surface area contributed by atoms with Crippen molar-refractivity contribution in [3.63, 3.8) is 0 Å². The molecule has 6 heteroatoms. The van der Waals surface area contributed by atoms with Crippen LogP contribution in [0.1, 0.15) is 39.0 Å². The first-order chi connectivity index (χ1) is 13.5. The van der Waals surface area contributed by atoms with E-state index in [0.717, 1.165) is 36.3 Å². The molecule has 2 N–H and O–H groups in total. The molecule has 1 saturated carbocycles. The Labute approximate surface area is 175 Å². The maximum atomic E-state index is 12.5. The monoisotopic (exact) mass is 416 g/mol. The summed E-state index contributed by atoms with van der Waals surface area (Å²) in [5.41, 5.74) is 1.46. The average Bonchev–Trinajstić information content (AvgIpc) is 2.69. The fourth-order valence-corrected chi connectivity index (χ4v) is 4.44. The van der Waals surface area contributed by atoms with Gasteiger partial charge in [-0.25, -0.2) is 0 Å². The Hall–Kier alpha value is -1.98. The van der Waals surface area contributed by atoms with Crippen molar-refractivity contribution in [1.29, 1.82) is 0 Å². The van der Waals surface area contributed by atoms with Gasteiger partial charge < -0.3 is 10.6 Å². The smallest absolute Gasteiger partial charge is 0.237 e. The van der Waals surface area contributed by atoms with Gasteiger partial charge in [0.2, 0.25) is 11.8 Å². The number of benzene rings is 2. The van der Waals surface area contributed by atoms with Crippen molar-refractivity contribution in [1.82, 2.24) is 0 Å². The number of halogens is 1. The zero-order chi connectivity index (χ0) is 19.9. The van der Waals surface area contributed by atoms with Gasteiger partial charge in [0.25, 0.3) is 0 Å². The minimum absolute atomic E-state index is 0.0936. The minimum Gasteiger partial charge on any atom is -0.326 e. The summed E-state index contributed by atoms with van der Waals surface area (Å²) in [4.78, 5) is 25.8. The molecule has 28 heavy (non-hydrogen) atoms. The van der Waals surface area contributed by atoms with Crippen LogP contribution in [0.25, 0.3) is 0 Å². The summed E-state index contributed by atoms with van der Waals surface area (Å²) in [6, 6.07) is 14.8. The van der Waals surface area contributed by atoms with Gasteiger partial charge in [0.1, 0.15) is 0 Å². The van der Waals surface area contributed by atoms with Crippen molar-refractivity contribution in [3.8, 4) is 0 Å². The van der Waals surface area contributed by atoms with Crippen LogP contribution in [0.5, 0.6) is 0 Å². The van der Waals surface area contributed by atoms with Crippen LogP contribution in [0.3, 0.4) is 0 Å². The van der Waals surface area contributed by atoms with Crippen molar-refractivity contribution in [3.05, 3.63) is 53.6 Å². The molecule has 2 aromatic rings. The first-order valence-electron chi connectivity index (χ1n) is 9.65. The van der Waals surface area contributed by atoms with Gasteiger partial charge in [-0.2, -0.15) is 0 Å². The van der Waals surface area contributed by atoms with E-state index >= 15 is 0 Å². The zero-order valence-corrected chi connectivity index (χ0v) is 17.5. The lowest BCUT2D eigenvalue weighted by atomic mass is 9.88. The molecular formula is C22H25ClN2O2S. The molecule has 4 nitrogen and oxygen atoms in total. The van der Waals surface area contributed by atoms with Gasteiger partial charge in [0.15, 0.2) is 0 Å². The molecular weight excluding hydrogens is 392 g/mol. The van der Waals surface area contributed by atoms with Crippen LogP contribution in [-0.2, 0) is 9.59 Å². The molecule has 148 valence electrons. The van der Waals surface area contributed by atoms with E-state index < -0.39 is 0 Å². The summed E-state index contributed by atoms with van der Waals surface area (Å²) in [6.45, 7) is 1.86. The number of nitrogens with one attached hydrogen (secondary N) is 2. The van der Waals surface area contributed by atoms with Gasteiger partial charge in [0.05, 0.1) is 5.25 Å². The number of hydrogen-bond acceptors (Lipinski definition) is 3. The highest BCUT2D eigenvalue weighted by Crippen LogP contribution is 2.28. The van der Waals surface area contributed by atoms with Gasteiger partial charge in [-0.3, -0.25) is 9.59 Å². The van der Waals surface area contributed by atoms with Crippen LogP contribution in [-0.4, -0.2) is 17.1 Å². The molecule has 1 fully saturated rings. The van der Waals surface area contributed by atoms with Crippen molar-refractivity contribution in [2.45, 2.75) is 49.2 Å². The third-order valence-corrected chi connectivity index (χ3v) is 6.18. The van der Waals surface area contributed by atoms with Crippen LogP contribution < -0.4 is 10.6 Å². The van der Waals surface area contributed by atoms with Crippen molar-refractivity contribution in [2.75, 3.05) is 10.6 Å². The van der Waals surface area contributed by atoms with E-state index in [9.17, 15) is 9.59 Å². The third kappa shape index (κ3) is 6.01. The summed E-state index contributed by atoms with van der Waals surface area (Å²) in [5, 5.41) is 6.21. The van der Waals surface area contributed by atoms with E-state index in [1.807, 2.05) is 37.3 Å². The van der Waals surface area contributed by atoms with Crippen LogP contribution in [0.15, 0.2) is 53.4 Å². The Balaban J connectivity index is 1.57. The standard InChI is InChI=1S/C22H25ClN2O2S/c1-15(21(26)24-18-10-5-9-17(23)13-18)28-20-12-6-11-19(14-20)25-22(27)16-7-3-2-4-8-16/h5-6,9-16H,2-4,7-8H2,1H3,(H,24,26)(H,25,27). The number of carbonyl (C=O) groups excluding carboxylic acids is 2. The molecule has 1 unspecified atom stereocenters. The quantitative estimate of drug-likeness (QED) is 0.569. The second-order valence-corrected chi connectivity index (χ2v) is 8.96. The Morgan fingerprint density at radius 3 is 2.39 bits per heavy atom. The normalized spacial score (nSPS) is 15.6. The van der Waals surface area contributed by atoms with E-state index in [4.69, 9.17) is 11.6 Å². The number of anilines is 2. The molecule has 2 amide bonds. The summed E-state index contributed by atoms with van der Waals surface area (Å²) >= 11 is 7.42. The number of thioether (sulfide) groups is 1. The molecule has 0 radical (unpaired) electrons. The summed E-state index contributed by atoms with van der Waals surface area (Å²) in [6.07, 6.45) is 5.44. The van der Waals surface area contributed by atoms with E-state index in [2.05, 4.69) is 10.6 Å². The van der Waals surface area contributed by atoms with Crippen LogP contribution in [0, 0.1) is 5.92 Å². The zero-order valence-electron chi connectivity index (χ0n) is 15.9. The second-order valence-electron chi connectivity index (χ2n) is 7.11. The number of carbonyl (C=O) groups is 2. The first kappa shape index (κ1) is 20.7. The topological polar surface area (TPSA) is 58.2 Å². The molecule has 0 saturated heterocycles. The molecule has 0 aromatic heterocycles. The largest absolute Gasteiger partial charge is 0.326 e. The Morgan fingerprint density at radius 1 is 1.00 bits per heavy atom. The van der Waals surface area contributed by atoms with E-state index in [0.29, 0.717) is 10.7 Å². The second kappa shape index (κ2) is 9.99. The van der Waals surface area contributed by atoms with E-state index in [1.54, 1.807) is 18.2 Å². The molecule has 2 aromatic carbocycles. The molecule has 3 rings (SSSR count). The molecule has 1 aliphatic carbocycles. The highest BCUT2D eigenvalue weighted by atomic mass is 35.5. The minimum atomic E-state index is -0.289. The fourth-order valence-electron chi connectivity index (χ4n) is 3.32. The maximum absolute atomic E-state index is 12.5. The van der Waals surface area contributed by atoms with E-state index in [1.165, 1.54) is 18.2 Å². The molecule has 1 aliphatic rings. The van der Waals surface area contributed by atoms with Crippen LogP contribution in [0.2, 0.25) is 5.02 Å². The lowest BCUT2D eigenvalue weighted by Gasteiger charge is -2.21. The Bertz CT molecular complexity index is 837. The predicted octanol–water partition coefficient (Wildman–Crippen LogP) is 5.98. The van der Waals surface area contributed by atoms with Crippen LogP contribution >= 0.6 is 23.4 Å². The molecule has 1 atom stereocenters. The van der Waals surface area contributed by atoms with Gasteiger partial charge >= 0.3 is 0 Å². The van der Waals surface area contributed by atoms with Gasteiger partial charge in [-0.05, 0) is 56.2 Å². The summed E-state index contributed by atoms with van der Waals surface area (Å²) in [5.74, 6) is 0.130. The highest BCUT2D eigenvalue weighted by molar-refractivity contribution is 8.00. The number of hydrogen-bond donors (Lipinski definition) is 2. The van der Waals surface area contributed by atoms with Crippen molar-refractivity contribution in [2.24, 2.45) is 5.92 Å². The maximum Gasteiger partial charge on any atom is 0.237 e. The van der Waals surface area contributed by atoms with E-state index in [-0.39, 0.29) is 23.0 Å². The Morgan fingerprint density at radius 2 is 1.68 bits per heavy atom. The predicted molar refractivity (Wildman–Crippen MR) is 117 cm³/mol. The molecule has 0 heterocycles. The average molecular weight is 417 g/mol. The lowest BCUT2D eigenvalue weighted by molar-refractivity contribution is -0.120. The van der Waals surface area contributed by atoms with Gasteiger partial charge in [-0.15, -0.1) is 11.8 Å². The first-order valence-corrected chi connectivity index (χ1v) is 10.9. The number of amides is 2.